The van der Waals surface area contributed by atoms with Crippen LogP contribution in [0.5, 0.6) is 17.2 Å². The third-order valence-corrected chi connectivity index (χ3v) is 4.68. The number of carbonyl (C=O) groups is 2. The summed E-state index contributed by atoms with van der Waals surface area (Å²) in [5.74, 6) is -0.936. The van der Waals surface area contributed by atoms with Crippen molar-refractivity contribution in [2.45, 2.75) is 52.4 Å². The molecule has 1 amide bonds. The highest BCUT2D eigenvalue weighted by molar-refractivity contribution is 5.97. The summed E-state index contributed by atoms with van der Waals surface area (Å²) in [5, 5.41) is 12.6. The molecule has 1 aromatic carbocycles. The predicted octanol–water partition coefficient (Wildman–Crippen LogP) is 3.34. The fourth-order valence-electron chi connectivity index (χ4n) is 3.22. The molecule has 2 unspecified atom stereocenters. The molecule has 0 saturated heterocycles. The summed E-state index contributed by atoms with van der Waals surface area (Å²) in [7, 11) is 1.36. The number of nitrogens with zero attached hydrogens (tertiary/aromatic N) is 1. The monoisotopic (exact) mass is 430 g/mol. The number of amides is 1. The lowest BCUT2D eigenvalue weighted by atomic mass is 9.91. The number of aromatic hydroxyl groups is 1. The minimum atomic E-state index is -0.983. The van der Waals surface area contributed by atoms with Crippen LogP contribution in [0, 0.1) is 5.92 Å². The van der Waals surface area contributed by atoms with Crippen molar-refractivity contribution in [2.75, 3.05) is 7.11 Å². The van der Waals surface area contributed by atoms with Crippen molar-refractivity contribution in [3.05, 3.63) is 48.3 Å². The molecule has 31 heavy (non-hydrogen) atoms. The molecule has 2 atom stereocenters. The summed E-state index contributed by atoms with van der Waals surface area (Å²) in [5.41, 5.74) is -1.22. The van der Waals surface area contributed by atoms with Crippen LogP contribution in [0.2, 0.25) is 0 Å². The molecule has 0 bridgehead atoms. The van der Waals surface area contributed by atoms with Crippen LogP contribution in [0.3, 0.4) is 0 Å². The van der Waals surface area contributed by atoms with Crippen LogP contribution < -0.4 is 14.8 Å². The van der Waals surface area contributed by atoms with Gasteiger partial charge < -0.3 is 24.6 Å². The highest BCUT2D eigenvalue weighted by Crippen LogP contribution is 2.29. The van der Waals surface area contributed by atoms with Crippen LogP contribution in [0.25, 0.3) is 0 Å². The second-order valence-electron chi connectivity index (χ2n) is 8.03. The van der Waals surface area contributed by atoms with Gasteiger partial charge in [0.05, 0.1) is 7.11 Å². The maximum absolute atomic E-state index is 12.7. The average molecular weight is 431 g/mol. The van der Waals surface area contributed by atoms with Gasteiger partial charge in [-0.2, -0.15) is 0 Å². The smallest absolute Gasteiger partial charge is 0.329 e. The van der Waals surface area contributed by atoms with Gasteiger partial charge in [0.25, 0.3) is 5.91 Å². The molecule has 0 aliphatic rings. The Hall–Kier alpha value is -3.29. The van der Waals surface area contributed by atoms with Crippen molar-refractivity contribution in [1.82, 2.24) is 10.3 Å². The van der Waals surface area contributed by atoms with E-state index in [0.717, 1.165) is 0 Å². The van der Waals surface area contributed by atoms with Gasteiger partial charge in [-0.3, -0.25) is 4.79 Å². The fourth-order valence-corrected chi connectivity index (χ4v) is 3.22. The number of aromatic nitrogens is 1. The maximum atomic E-state index is 12.7. The first-order valence-electron chi connectivity index (χ1n) is 10.0. The van der Waals surface area contributed by atoms with Crippen LogP contribution >= 0.6 is 0 Å². The molecule has 1 aromatic heterocycles. The zero-order valence-electron chi connectivity index (χ0n) is 18.7. The van der Waals surface area contributed by atoms with Crippen LogP contribution in [0.15, 0.2) is 42.6 Å². The Kier molecular flexibility index (Phi) is 7.85. The van der Waals surface area contributed by atoms with E-state index < -0.39 is 35.4 Å². The Morgan fingerprint density at radius 1 is 1.10 bits per heavy atom. The van der Waals surface area contributed by atoms with E-state index in [9.17, 15) is 14.7 Å². The number of methoxy groups -OCH3 is 1. The lowest BCUT2D eigenvalue weighted by Gasteiger charge is -2.37. The summed E-state index contributed by atoms with van der Waals surface area (Å²) >= 11 is 0. The number of hydrogen-bond donors (Lipinski definition) is 2. The third kappa shape index (κ3) is 6.10. The van der Waals surface area contributed by atoms with Gasteiger partial charge in [0, 0.05) is 12.3 Å². The van der Waals surface area contributed by atoms with Gasteiger partial charge in [-0.05, 0) is 38.8 Å². The Morgan fingerprint density at radius 2 is 1.74 bits per heavy atom. The zero-order valence-corrected chi connectivity index (χ0v) is 18.7. The average Bonchev–Trinajstić information content (AvgIpc) is 2.72. The van der Waals surface area contributed by atoms with Crippen LogP contribution in [-0.2, 0) is 9.53 Å². The second kappa shape index (κ2) is 10.1. The van der Waals surface area contributed by atoms with Crippen molar-refractivity contribution in [3.63, 3.8) is 0 Å². The molecule has 168 valence electrons. The number of para-hydroxylation sites is 1. The van der Waals surface area contributed by atoms with Crippen molar-refractivity contribution in [3.8, 4) is 17.2 Å². The Bertz CT molecular complexity index is 898. The quantitative estimate of drug-likeness (QED) is 0.588. The predicted molar refractivity (Wildman–Crippen MR) is 115 cm³/mol. The maximum Gasteiger partial charge on any atom is 0.329 e. The lowest BCUT2D eigenvalue weighted by Crippen LogP contribution is -2.51. The summed E-state index contributed by atoms with van der Waals surface area (Å²) in [6.45, 7) is 8.98. The lowest BCUT2D eigenvalue weighted by molar-refractivity contribution is -0.170. The van der Waals surface area contributed by atoms with Gasteiger partial charge in [0.2, 0.25) is 0 Å². The molecular weight excluding hydrogens is 400 g/mol. The van der Waals surface area contributed by atoms with Crippen LogP contribution in [0.4, 0.5) is 0 Å². The Morgan fingerprint density at radius 3 is 2.32 bits per heavy atom. The zero-order chi connectivity index (χ0) is 23.2. The topological polar surface area (TPSA) is 107 Å². The number of carbonyl (C=O) groups excluding carboxylic acids is 2. The molecule has 0 saturated carbocycles. The van der Waals surface area contributed by atoms with E-state index in [1.807, 2.05) is 44.2 Å². The minimum Gasteiger partial charge on any atom is -0.503 e. The number of hydrogen-bond acceptors (Lipinski definition) is 7. The Balaban J connectivity index is 2.08. The SMILES string of the molecule is COc1ccnc(C(=O)NC(C)C(=O)OC(C)(C)C(Oc2ccccc2)C(C)C)c1O. The number of pyridine rings is 1. The molecule has 8 heteroatoms. The summed E-state index contributed by atoms with van der Waals surface area (Å²) in [6, 6.07) is 9.74. The van der Waals surface area contributed by atoms with E-state index in [0.29, 0.717) is 5.75 Å². The summed E-state index contributed by atoms with van der Waals surface area (Å²) < 4.78 is 16.8. The van der Waals surface area contributed by atoms with Gasteiger partial charge in [0.15, 0.2) is 17.2 Å². The molecular formula is C23H30N2O6. The molecule has 8 nitrogen and oxygen atoms in total. The van der Waals surface area contributed by atoms with Gasteiger partial charge in [-0.1, -0.05) is 32.0 Å². The van der Waals surface area contributed by atoms with Crippen molar-refractivity contribution < 1.29 is 28.9 Å². The van der Waals surface area contributed by atoms with Gasteiger partial charge in [0.1, 0.15) is 23.5 Å². The van der Waals surface area contributed by atoms with Crippen molar-refractivity contribution in [2.24, 2.45) is 5.92 Å². The van der Waals surface area contributed by atoms with E-state index in [1.165, 1.54) is 26.3 Å². The number of benzene rings is 1. The number of rotatable bonds is 9. The van der Waals surface area contributed by atoms with E-state index in [2.05, 4.69) is 10.3 Å². The molecule has 2 aromatic rings. The molecule has 0 aliphatic heterocycles. The summed E-state index contributed by atoms with van der Waals surface area (Å²) in [6.07, 6.45) is 0.902. The number of nitrogens with one attached hydrogen (secondary N) is 1. The van der Waals surface area contributed by atoms with Gasteiger partial charge in [-0.25, -0.2) is 9.78 Å². The first kappa shape index (κ1) is 24.0. The second-order valence-corrected chi connectivity index (χ2v) is 8.03. The van der Waals surface area contributed by atoms with E-state index in [1.54, 1.807) is 13.8 Å². The molecule has 2 N–H and O–H groups in total. The normalized spacial score (nSPS) is 13.3. The fraction of sp³-hybridized carbons (Fsp3) is 0.435. The van der Waals surface area contributed by atoms with Gasteiger partial charge >= 0.3 is 5.97 Å². The molecule has 1 heterocycles. The van der Waals surface area contributed by atoms with E-state index in [4.69, 9.17) is 14.2 Å². The Labute approximate surface area is 182 Å². The minimum absolute atomic E-state index is 0.0471. The molecule has 0 aliphatic carbocycles. The first-order valence-corrected chi connectivity index (χ1v) is 10.0. The largest absolute Gasteiger partial charge is 0.503 e. The van der Waals surface area contributed by atoms with Crippen molar-refractivity contribution >= 4 is 11.9 Å². The standard InChI is InChI=1S/C23H30N2O6/c1-14(2)20(30-16-10-8-7-9-11-16)23(4,5)31-22(28)15(3)25-21(27)18-19(26)17(29-6)12-13-24-18/h7-15,20,26H,1-6H3,(H,25,27). The van der Waals surface area contributed by atoms with Crippen LogP contribution in [-0.4, -0.2) is 46.8 Å². The number of ether oxygens (including phenoxy) is 3. The highest BCUT2D eigenvalue weighted by Gasteiger charge is 2.39. The molecule has 2 rings (SSSR count). The first-order chi connectivity index (χ1) is 14.6. The molecule has 0 fully saturated rings. The van der Waals surface area contributed by atoms with Crippen molar-refractivity contribution in [1.29, 1.82) is 0 Å². The molecule has 0 radical (unpaired) electrons. The van der Waals surface area contributed by atoms with E-state index in [-0.39, 0.29) is 17.4 Å². The van der Waals surface area contributed by atoms with E-state index >= 15 is 0 Å². The van der Waals surface area contributed by atoms with Crippen LogP contribution in [0.1, 0.15) is 45.1 Å². The number of esters is 1. The summed E-state index contributed by atoms with van der Waals surface area (Å²) in [4.78, 5) is 29.0. The highest BCUT2D eigenvalue weighted by atomic mass is 16.6. The molecule has 0 spiro atoms. The van der Waals surface area contributed by atoms with Gasteiger partial charge in [-0.15, -0.1) is 0 Å². The third-order valence-electron chi connectivity index (χ3n) is 4.68.